The molecule has 4 rings (SSSR count). The molecular weight excluding hydrogens is 408 g/mol. The Morgan fingerprint density at radius 3 is 2.74 bits per heavy atom. The fourth-order valence-electron chi connectivity index (χ4n) is 4.04. The summed E-state index contributed by atoms with van der Waals surface area (Å²) in [5.74, 6) is 0.526. The summed E-state index contributed by atoms with van der Waals surface area (Å²) in [6.07, 6.45) is 5.54. The van der Waals surface area contributed by atoms with Gasteiger partial charge in [-0.1, -0.05) is 44.2 Å². The molecule has 3 heterocycles. The van der Waals surface area contributed by atoms with Gasteiger partial charge in [0.15, 0.2) is 0 Å². The quantitative estimate of drug-likeness (QED) is 0.662. The smallest absolute Gasteiger partial charge is 0.250 e. The van der Waals surface area contributed by atoms with E-state index in [1.54, 1.807) is 22.4 Å². The summed E-state index contributed by atoms with van der Waals surface area (Å²) in [6.45, 7) is 5.40. The van der Waals surface area contributed by atoms with E-state index in [9.17, 15) is 9.59 Å². The van der Waals surface area contributed by atoms with E-state index in [4.69, 9.17) is 0 Å². The molecule has 2 unspecified atom stereocenters. The molecule has 1 fully saturated rings. The van der Waals surface area contributed by atoms with E-state index >= 15 is 0 Å². The SMILES string of the molecule is CC(C)c1ccc(C2CC3C(=O)N(CCC(=O)NCCc4cccs4)C=CN3N2)cc1. The van der Waals surface area contributed by atoms with Crippen molar-refractivity contribution in [2.75, 3.05) is 13.1 Å². The number of amides is 2. The Morgan fingerprint density at radius 1 is 1.23 bits per heavy atom. The number of benzene rings is 1. The van der Waals surface area contributed by atoms with E-state index < -0.39 is 0 Å². The van der Waals surface area contributed by atoms with Crippen LogP contribution >= 0.6 is 11.3 Å². The molecule has 0 radical (unpaired) electrons. The van der Waals surface area contributed by atoms with Gasteiger partial charge in [-0.05, 0) is 41.3 Å². The largest absolute Gasteiger partial charge is 0.356 e. The third kappa shape index (κ3) is 5.17. The van der Waals surface area contributed by atoms with Crippen LogP contribution in [0.4, 0.5) is 0 Å². The molecule has 31 heavy (non-hydrogen) atoms. The summed E-state index contributed by atoms with van der Waals surface area (Å²) in [5, 5.41) is 6.89. The van der Waals surface area contributed by atoms with E-state index in [0.717, 1.165) is 6.42 Å². The zero-order valence-electron chi connectivity index (χ0n) is 18.1. The van der Waals surface area contributed by atoms with Gasteiger partial charge < -0.3 is 15.2 Å². The Hall–Kier alpha value is -2.64. The monoisotopic (exact) mass is 438 g/mol. The van der Waals surface area contributed by atoms with Crippen molar-refractivity contribution in [1.82, 2.24) is 20.7 Å². The lowest BCUT2D eigenvalue weighted by molar-refractivity contribution is -0.134. The molecule has 1 aromatic carbocycles. The second kappa shape index (κ2) is 9.66. The topological polar surface area (TPSA) is 64.7 Å². The molecule has 0 bridgehead atoms. The van der Waals surface area contributed by atoms with Crippen LogP contribution in [-0.4, -0.2) is 40.9 Å². The van der Waals surface area contributed by atoms with Gasteiger partial charge in [0.2, 0.25) is 5.91 Å². The van der Waals surface area contributed by atoms with Crippen molar-refractivity contribution in [1.29, 1.82) is 0 Å². The van der Waals surface area contributed by atoms with Crippen molar-refractivity contribution >= 4 is 23.2 Å². The number of fused-ring (bicyclic) bond motifs is 1. The maximum Gasteiger partial charge on any atom is 0.250 e. The van der Waals surface area contributed by atoms with Gasteiger partial charge in [-0.15, -0.1) is 11.3 Å². The molecule has 2 aliphatic heterocycles. The first kappa shape index (κ1) is 21.6. The molecule has 2 aromatic rings. The van der Waals surface area contributed by atoms with Crippen molar-refractivity contribution in [3.8, 4) is 0 Å². The predicted molar refractivity (Wildman–Crippen MR) is 123 cm³/mol. The van der Waals surface area contributed by atoms with Gasteiger partial charge in [0.25, 0.3) is 5.91 Å². The van der Waals surface area contributed by atoms with Crippen molar-refractivity contribution < 1.29 is 9.59 Å². The highest BCUT2D eigenvalue weighted by Crippen LogP contribution is 2.31. The molecule has 2 N–H and O–H groups in total. The average molecular weight is 439 g/mol. The molecule has 2 aliphatic rings. The Morgan fingerprint density at radius 2 is 2.03 bits per heavy atom. The van der Waals surface area contributed by atoms with Gasteiger partial charge >= 0.3 is 0 Å². The first-order chi connectivity index (χ1) is 15.0. The number of hydrogen-bond donors (Lipinski definition) is 2. The van der Waals surface area contributed by atoms with Crippen LogP contribution in [0, 0.1) is 0 Å². The lowest BCUT2D eigenvalue weighted by atomic mass is 9.97. The van der Waals surface area contributed by atoms with Crippen LogP contribution in [0.25, 0.3) is 0 Å². The maximum absolute atomic E-state index is 13.0. The van der Waals surface area contributed by atoms with Crippen LogP contribution in [0.5, 0.6) is 0 Å². The zero-order chi connectivity index (χ0) is 21.8. The third-order valence-electron chi connectivity index (χ3n) is 5.93. The van der Waals surface area contributed by atoms with Gasteiger partial charge in [-0.25, -0.2) is 5.43 Å². The van der Waals surface area contributed by atoms with E-state index in [0.29, 0.717) is 31.8 Å². The van der Waals surface area contributed by atoms with Gasteiger partial charge in [-0.2, -0.15) is 0 Å². The van der Waals surface area contributed by atoms with Crippen molar-refractivity contribution in [2.45, 2.75) is 51.1 Å². The second-order valence-electron chi connectivity index (χ2n) is 8.42. The molecule has 2 atom stereocenters. The number of nitrogens with zero attached hydrogens (tertiary/aromatic N) is 2. The number of carbonyl (C=O) groups excluding carboxylic acids is 2. The van der Waals surface area contributed by atoms with Gasteiger partial charge in [0, 0.05) is 36.8 Å². The van der Waals surface area contributed by atoms with Crippen LogP contribution in [-0.2, 0) is 16.0 Å². The van der Waals surface area contributed by atoms with Crippen molar-refractivity contribution in [3.63, 3.8) is 0 Å². The maximum atomic E-state index is 13.0. The Bertz CT molecular complexity index is 924. The first-order valence-electron chi connectivity index (χ1n) is 10.9. The average Bonchev–Trinajstić information content (AvgIpc) is 3.43. The Labute approximate surface area is 187 Å². The standard InChI is InChI=1S/C24H30N4O2S/c1-17(2)18-5-7-19(8-6-18)21-16-22-24(30)27(13-14-28(22)26-21)12-10-23(29)25-11-9-20-4-3-15-31-20/h3-8,13-15,17,21-22,26H,9-12,16H2,1-2H3,(H,25,29). The molecule has 1 saturated heterocycles. The molecule has 6 nitrogen and oxygen atoms in total. The van der Waals surface area contributed by atoms with Crippen molar-refractivity contribution in [2.24, 2.45) is 0 Å². The molecule has 7 heteroatoms. The highest BCUT2D eigenvalue weighted by Gasteiger charge is 2.39. The molecule has 2 amide bonds. The van der Waals surface area contributed by atoms with Crippen LogP contribution in [0.15, 0.2) is 54.2 Å². The van der Waals surface area contributed by atoms with E-state index in [2.05, 4.69) is 54.9 Å². The van der Waals surface area contributed by atoms with E-state index in [1.165, 1.54) is 16.0 Å². The number of hydrogen-bond acceptors (Lipinski definition) is 5. The van der Waals surface area contributed by atoms with Gasteiger partial charge in [0.1, 0.15) is 6.04 Å². The van der Waals surface area contributed by atoms with Crippen LogP contribution in [0.3, 0.4) is 0 Å². The minimum atomic E-state index is -0.235. The van der Waals surface area contributed by atoms with Crippen LogP contribution in [0.2, 0.25) is 0 Å². The van der Waals surface area contributed by atoms with Gasteiger partial charge in [-0.3, -0.25) is 9.59 Å². The second-order valence-corrected chi connectivity index (χ2v) is 9.45. The molecule has 1 aromatic heterocycles. The van der Waals surface area contributed by atoms with Crippen molar-refractivity contribution in [3.05, 3.63) is 70.2 Å². The summed E-state index contributed by atoms with van der Waals surface area (Å²) < 4.78 is 0. The van der Waals surface area contributed by atoms with E-state index in [1.807, 2.05) is 22.7 Å². The normalized spacial score (nSPS) is 20.4. The highest BCUT2D eigenvalue weighted by atomic mass is 32.1. The summed E-state index contributed by atoms with van der Waals surface area (Å²) in [7, 11) is 0. The molecule has 0 aliphatic carbocycles. The lowest BCUT2D eigenvalue weighted by Crippen LogP contribution is -2.48. The number of thiophene rings is 1. The minimum Gasteiger partial charge on any atom is -0.356 e. The fraction of sp³-hybridized carbons (Fsp3) is 0.417. The summed E-state index contributed by atoms with van der Waals surface area (Å²) in [5.41, 5.74) is 5.94. The lowest BCUT2D eigenvalue weighted by Gasteiger charge is -2.31. The summed E-state index contributed by atoms with van der Waals surface area (Å²) in [6, 6.07) is 12.6. The van der Waals surface area contributed by atoms with Crippen LogP contribution < -0.4 is 10.7 Å². The number of rotatable bonds is 8. The molecular formula is C24H30N4O2S. The van der Waals surface area contributed by atoms with Crippen LogP contribution in [0.1, 0.15) is 54.7 Å². The van der Waals surface area contributed by atoms with Gasteiger partial charge in [0.05, 0.1) is 6.04 Å². The number of hydrazine groups is 1. The minimum absolute atomic E-state index is 0.0205. The Balaban J connectivity index is 1.26. The molecule has 0 saturated carbocycles. The molecule has 0 spiro atoms. The number of nitrogens with one attached hydrogen (secondary N) is 2. The predicted octanol–water partition coefficient (Wildman–Crippen LogP) is 3.55. The first-order valence-corrected chi connectivity index (χ1v) is 11.8. The fourth-order valence-corrected chi connectivity index (χ4v) is 4.75. The molecule has 164 valence electrons. The third-order valence-corrected chi connectivity index (χ3v) is 6.87. The Kier molecular flexibility index (Phi) is 6.73. The number of carbonyl (C=O) groups is 2. The summed E-state index contributed by atoms with van der Waals surface area (Å²) >= 11 is 1.70. The zero-order valence-corrected chi connectivity index (χ0v) is 18.9. The highest BCUT2D eigenvalue weighted by molar-refractivity contribution is 7.09. The summed E-state index contributed by atoms with van der Waals surface area (Å²) in [4.78, 5) is 28.1. The van der Waals surface area contributed by atoms with E-state index in [-0.39, 0.29) is 23.9 Å².